The molecule has 0 spiro atoms. The Bertz CT molecular complexity index is 1290. The van der Waals surface area contributed by atoms with Crippen molar-refractivity contribution in [2.45, 2.75) is 38.8 Å². The summed E-state index contributed by atoms with van der Waals surface area (Å²) < 4.78 is 9.45. The number of ether oxygens (including phenoxy) is 1. The van der Waals surface area contributed by atoms with Crippen LogP contribution in [0.3, 0.4) is 0 Å². The van der Waals surface area contributed by atoms with Gasteiger partial charge in [-0.05, 0) is 44.0 Å². The van der Waals surface area contributed by atoms with Crippen molar-refractivity contribution in [3.8, 4) is 17.0 Å². The van der Waals surface area contributed by atoms with Gasteiger partial charge in [0.25, 0.3) is 0 Å². The summed E-state index contributed by atoms with van der Waals surface area (Å²) in [7, 11) is 1.67. The molecule has 2 amide bonds. The maximum Gasteiger partial charge on any atom is 0.317 e. The third-order valence-electron chi connectivity index (χ3n) is 6.45. The molecule has 1 N–H and O–H groups in total. The molecule has 1 atom stereocenters. The summed E-state index contributed by atoms with van der Waals surface area (Å²) in [5, 5.41) is 7.33. The lowest BCUT2D eigenvalue weighted by atomic mass is 9.97. The normalized spacial score (nSPS) is 16.1. The molecule has 1 aliphatic heterocycles. The lowest BCUT2D eigenvalue weighted by Crippen LogP contribution is -2.45. The average molecular weight is 459 g/mol. The van der Waals surface area contributed by atoms with E-state index in [2.05, 4.69) is 33.1 Å². The van der Waals surface area contributed by atoms with Crippen LogP contribution in [0.15, 0.2) is 61.1 Å². The Balaban J connectivity index is 1.36. The molecule has 3 aromatic heterocycles. The van der Waals surface area contributed by atoms with Gasteiger partial charge in [0.05, 0.1) is 24.5 Å². The van der Waals surface area contributed by atoms with E-state index in [0.29, 0.717) is 13.1 Å². The molecule has 4 heterocycles. The molecule has 1 aliphatic rings. The van der Waals surface area contributed by atoms with Crippen molar-refractivity contribution in [3.63, 3.8) is 0 Å². The summed E-state index contributed by atoms with van der Waals surface area (Å²) >= 11 is 0. The van der Waals surface area contributed by atoms with Crippen LogP contribution in [-0.2, 0) is 13.1 Å². The Hall–Kier alpha value is -3.81. The number of hydrogen-bond acceptors (Lipinski definition) is 4. The fourth-order valence-electron chi connectivity index (χ4n) is 4.66. The highest BCUT2D eigenvalue weighted by molar-refractivity contribution is 5.78. The van der Waals surface area contributed by atoms with Gasteiger partial charge in [0.1, 0.15) is 11.6 Å². The number of aromatic nitrogens is 4. The number of amides is 2. The molecular formula is C26H30N6O2. The summed E-state index contributed by atoms with van der Waals surface area (Å²) in [6.45, 7) is 4.74. The molecule has 8 nitrogen and oxygen atoms in total. The number of piperidine rings is 1. The predicted octanol–water partition coefficient (Wildman–Crippen LogP) is 4.32. The maximum atomic E-state index is 12.9. The number of nitrogens with one attached hydrogen (secondary N) is 1. The van der Waals surface area contributed by atoms with Gasteiger partial charge in [0.2, 0.25) is 0 Å². The van der Waals surface area contributed by atoms with E-state index in [1.165, 1.54) is 0 Å². The van der Waals surface area contributed by atoms with E-state index in [9.17, 15) is 4.79 Å². The lowest BCUT2D eigenvalue weighted by Gasteiger charge is -2.32. The summed E-state index contributed by atoms with van der Waals surface area (Å²) in [6.07, 6.45) is 7.78. The zero-order chi connectivity index (χ0) is 23.5. The number of fused-ring (bicyclic) bond motifs is 1. The van der Waals surface area contributed by atoms with Gasteiger partial charge in [-0.25, -0.2) is 9.78 Å². The van der Waals surface area contributed by atoms with Gasteiger partial charge < -0.3 is 19.4 Å². The van der Waals surface area contributed by atoms with Crippen molar-refractivity contribution in [1.29, 1.82) is 0 Å². The highest BCUT2D eigenvalue weighted by atomic mass is 16.5. The van der Waals surface area contributed by atoms with Crippen LogP contribution in [-0.4, -0.2) is 50.3 Å². The van der Waals surface area contributed by atoms with Gasteiger partial charge in [-0.15, -0.1) is 0 Å². The van der Waals surface area contributed by atoms with E-state index in [-0.39, 0.29) is 11.9 Å². The quantitative estimate of drug-likeness (QED) is 0.467. The first-order valence-electron chi connectivity index (χ1n) is 11.8. The number of urea groups is 1. The van der Waals surface area contributed by atoms with Crippen LogP contribution in [0.5, 0.6) is 5.75 Å². The second-order valence-corrected chi connectivity index (χ2v) is 8.65. The van der Waals surface area contributed by atoms with Crippen molar-refractivity contribution < 1.29 is 9.53 Å². The van der Waals surface area contributed by atoms with E-state index in [1.807, 2.05) is 53.0 Å². The van der Waals surface area contributed by atoms with Crippen molar-refractivity contribution in [3.05, 3.63) is 72.4 Å². The first-order valence-corrected chi connectivity index (χ1v) is 11.8. The van der Waals surface area contributed by atoms with Gasteiger partial charge >= 0.3 is 6.03 Å². The predicted molar refractivity (Wildman–Crippen MR) is 131 cm³/mol. The summed E-state index contributed by atoms with van der Waals surface area (Å²) in [5.74, 6) is 1.97. The lowest BCUT2D eigenvalue weighted by molar-refractivity contribution is 0.178. The van der Waals surface area contributed by atoms with Crippen molar-refractivity contribution in [1.82, 2.24) is 29.4 Å². The van der Waals surface area contributed by atoms with Crippen molar-refractivity contribution in [2.24, 2.45) is 0 Å². The second kappa shape index (κ2) is 9.59. The minimum absolute atomic E-state index is 0.0390. The van der Waals surface area contributed by atoms with Crippen LogP contribution in [0, 0.1) is 0 Å². The fraction of sp³-hybridized carbons (Fsp3) is 0.346. The van der Waals surface area contributed by atoms with E-state index < -0.39 is 0 Å². The number of carbonyl (C=O) groups is 1. The molecule has 34 heavy (non-hydrogen) atoms. The smallest absolute Gasteiger partial charge is 0.317 e. The van der Waals surface area contributed by atoms with E-state index in [4.69, 9.17) is 9.72 Å². The molecule has 5 rings (SSSR count). The molecule has 1 fully saturated rings. The van der Waals surface area contributed by atoms with Gasteiger partial charge in [0.15, 0.2) is 0 Å². The number of carbonyl (C=O) groups excluding carboxylic acids is 1. The summed E-state index contributed by atoms with van der Waals surface area (Å²) in [6, 6.07) is 14.1. The van der Waals surface area contributed by atoms with Crippen molar-refractivity contribution in [2.75, 3.05) is 20.2 Å². The van der Waals surface area contributed by atoms with Gasteiger partial charge in [-0.1, -0.05) is 18.2 Å². The molecule has 0 aliphatic carbocycles. The molecule has 8 heteroatoms. The van der Waals surface area contributed by atoms with E-state index in [1.54, 1.807) is 13.3 Å². The molecule has 176 valence electrons. The van der Waals surface area contributed by atoms with Crippen LogP contribution >= 0.6 is 0 Å². The highest BCUT2D eigenvalue weighted by Gasteiger charge is 2.28. The summed E-state index contributed by atoms with van der Waals surface area (Å²) in [5.41, 5.74) is 4.02. The van der Waals surface area contributed by atoms with Crippen LogP contribution in [0.4, 0.5) is 4.79 Å². The number of hydrogen-bond donors (Lipinski definition) is 1. The number of imidazole rings is 1. The molecule has 0 saturated carbocycles. The Morgan fingerprint density at radius 3 is 2.97 bits per heavy atom. The van der Waals surface area contributed by atoms with E-state index in [0.717, 1.165) is 59.8 Å². The minimum Gasteiger partial charge on any atom is -0.497 e. The average Bonchev–Trinajstić information content (AvgIpc) is 3.52. The van der Waals surface area contributed by atoms with Gasteiger partial charge in [0, 0.05) is 55.6 Å². The molecule has 1 aromatic carbocycles. The molecular weight excluding hydrogens is 428 g/mol. The van der Waals surface area contributed by atoms with Gasteiger partial charge in [-0.2, -0.15) is 5.10 Å². The topological polar surface area (TPSA) is 76.7 Å². The number of benzene rings is 1. The van der Waals surface area contributed by atoms with Crippen LogP contribution in [0.1, 0.15) is 37.1 Å². The Labute approximate surface area is 199 Å². The van der Waals surface area contributed by atoms with Crippen molar-refractivity contribution >= 4 is 11.5 Å². The van der Waals surface area contributed by atoms with E-state index >= 15 is 0 Å². The molecule has 4 aromatic rings. The molecule has 0 unspecified atom stereocenters. The number of aryl methyl sites for hydroxylation is 1. The van der Waals surface area contributed by atoms with Crippen LogP contribution < -0.4 is 10.1 Å². The largest absolute Gasteiger partial charge is 0.497 e. The zero-order valence-electron chi connectivity index (χ0n) is 19.6. The maximum absolute atomic E-state index is 12.9. The number of methoxy groups -OCH3 is 1. The number of likely N-dealkylation sites (tertiary alicyclic amines) is 1. The second-order valence-electron chi connectivity index (χ2n) is 8.65. The van der Waals surface area contributed by atoms with Crippen LogP contribution in [0.2, 0.25) is 0 Å². The summed E-state index contributed by atoms with van der Waals surface area (Å²) in [4.78, 5) is 19.9. The monoisotopic (exact) mass is 458 g/mol. The minimum atomic E-state index is -0.0390. The molecule has 1 saturated heterocycles. The Kier molecular flexibility index (Phi) is 6.20. The Morgan fingerprint density at radius 1 is 1.24 bits per heavy atom. The SMILES string of the molecule is CCn1cc(CNC(=O)N2CCC[C@@H](c3nc(-c4cccc(OC)c4)c4ccccn34)C2)cn1. The molecule has 0 bridgehead atoms. The van der Waals surface area contributed by atoms with Crippen LogP contribution in [0.25, 0.3) is 16.8 Å². The molecule has 0 radical (unpaired) electrons. The third kappa shape index (κ3) is 4.35. The fourth-order valence-corrected chi connectivity index (χ4v) is 4.66. The zero-order valence-corrected chi connectivity index (χ0v) is 19.6. The third-order valence-corrected chi connectivity index (χ3v) is 6.45. The number of nitrogens with zero attached hydrogens (tertiary/aromatic N) is 5. The Morgan fingerprint density at radius 2 is 2.15 bits per heavy atom. The number of pyridine rings is 1. The first-order chi connectivity index (χ1) is 16.7. The standard InChI is InChI=1S/C26H30N6O2/c1-3-31-17-19(16-28-31)15-27-26(33)30-12-7-9-21(18-30)25-29-24(23-11-4-5-13-32(23)25)20-8-6-10-22(14-20)34-2/h4-6,8,10-11,13-14,16-17,21H,3,7,9,12,15,18H2,1-2H3,(H,27,33)/t21-/m1/s1. The van der Waals surface area contributed by atoms with Gasteiger partial charge in [-0.3, -0.25) is 4.68 Å². The highest BCUT2D eigenvalue weighted by Crippen LogP contribution is 2.33. The number of rotatable bonds is 6. The first kappa shape index (κ1) is 22.0.